The van der Waals surface area contributed by atoms with E-state index in [0.29, 0.717) is 17.2 Å². The molecule has 0 radical (unpaired) electrons. The Morgan fingerprint density at radius 1 is 1.29 bits per heavy atom. The molecule has 0 atom stereocenters. The van der Waals surface area contributed by atoms with E-state index < -0.39 is 0 Å². The summed E-state index contributed by atoms with van der Waals surface area (Å²) in [6.07, 6.45) is 0.334. The average molecular weight is 249 g/mol. The third-order valence-corrected chi connectivity index (χ3v) is 2.08. The summed E-state index contributed by atoms with van der Waals surface area (Å²) in [5.41, 5.74) is 4.29. The molecule has 0 spiro atoms. The van der Waals surface area contributed by atoms with E-state index in [4.69, 9.17) is 12.2 Å². The van der Waals surface area contributed by atoms with Crippen LogP contribution in [0.15, 0.2) is 35.4 Å². The molecule has 1 aromatic carbocycles. The summed E-state index contributed by atoms with van der Waals surface area (Å²) in [7, 11) is 0. The Labute approximate surface area is 106 Å². The predicted octanol–water partition coefficient (Wildman–Crippen LogP) is 2.33. The highest BCUT2D eigenvalue weighted by Crippen LogP contribution is 2.04. The van der Waals surface area contributed by atoms with Crippen LogP contribution in [-0.4, -0.2) is 16.6 Å². The molecule has 0 aliphatic carbocycles. The summed E-state index contributed by atoms with van der Waals surface area (Å²) in [4.78, 5) is 10.8. The van der Waals surface area contributed by atoms with E-state index in [0.717, 1.165) is 5.69 Å². The molecule has 0 saturated carbocycles. The molecule has 1 aromatic rings. The predicted molar refractivity (Wildman–Crippen MR) is 74.2 cm³/mol. The number of Topliss-reactive ketones (excluding diaryl/α,β-unsaturated/α-hetero) is 1. The number of carbonyl (C=O) groups is 1. The molecule has 0 heterocycles. The summed E-state index contributed by atoms with van der Waals surface area (Å²) >= 11 is 5.05. The molecule has 17 heavy (non-hydrogen) atoms. The number of para-hydroxylation sites is 1. The first-order valence-corrected chi connectivity index (χ1v) is 5.63. The van der Waals surface area contributed by atoms with Crippen molar-refractivity contribution in [2.24, 2.45) is 5.10 Å². The first kappa shape index (κ1) is 13.3. The van der Waals surface area contributed by atoms with E-state index in [1.54, 1.807) is 6.92 Å². The fraction of sp³-hybridized carbons (Fsp3) is 0.250. The van der Waals surface area contributed by atoms with Crippen LogP contribution in [0.2, 0.25) is 0 Å². The number of rotatable bonds is 4. The van der Waals surface area contributed by atoms with E-state index in [1.165, 1.54) is 6.92 Å². The third-order valence-electron chi connectivity index (χ3n) is 1.88. The normalized spacial score (nSPS) is 10.8. The molecule has 0 fully saturated rings. The van der Waals surface area contributed by atoms with Crippen LogP contribution in [0.5, 0.6) is 0 Å². The molecule has 0 bridgehead atoms. The van der Waals surface area contributed by atoms with E-state index >= 15 is 0 Å². The number of hydrogen-bond acceptors (Lipinski definition) is 3. The molecule has 90 valence electrons. The van der Waals surface area contributed by atoms with Gasteiger partial charge >= 0.3 is 0 Å². The van der Waals surface area contributed by atoms with Crippen molar-refractivity contribution in [2.75, 3.05) is 5.32 Å². The molecular formula is C12H15N3OS. The standard InChI is InChI=1S/C12H15N3OS/c1-9(8-10(2)16)14-15-12(17)13-11-6-4-3-5-7-11/h3-7H,8H2,1-2H3,(H2,13,15,17). The Kier molecular flexibility index (Phi) is 5.29. The minimum atomic E-state index is 0.0787. The molecule has 4 nitrogen and oxygen atoms in total. The van der Waals surface area contributed by atoms with Crippen LogP contribution in [0.4, 0.5) is 5.69 Å². The highest BCUT2D eigenvalue weighted by Gasteiger charge is 1.98. The van der Waals surface area contributed by atoms with Gasteiger partial charge in [0.1, 0.15) is 5.78 Å². The third kappa shape index (κ3) is 5.77. The largest absolute Gasteiger partial charge is 0.331 e. The molecule has 0 unspecified atom stereocenters. The molecule has 0 aliphatic heterocycles. The highest BCUT2D eigenvalue weighted by atomic mass is 32.1. The van der Waals surface area contributed by atoms with Gasteiger partial charge in [-0.2, -0.15) is 5.10 Å². The van der Waals surface area contributed by atoms with Gasteiger partial charge in [-0.1, -0.05) is 18.2 Å². The van der Waals surface area contributed by atoms with Crippen LogP contribution in [0, 0.1) is 0 Å². The lowest BCUT2D eigenvalue weighted by Gasteiger charge is -2.07. The molecule has 2 N–H and O–H groups in total. The van der Waals surface area contributed by atoms with Crippen molar-refractivity contribution in [1.82, 2.24) is 5.43 Å². The van der Waals surface area contributed by atoms with Gasteiger partial charge in [0.25, 0.3) is 0 Å². The molecule has 0 amide bonds. The fourth-order valence-corrected chi connectivity index (χ4v) is 1.39. The Balaban J connectivity index is 2.43. The van der Waals surface area contributed by atoms with Crippen molar-refractivity contribution < 1.29 is 4.79 Å². The summed E-state index contributed by atoms with van der Waals surface area (Å²) in [5.74, 6) is 0.0787. The SMILES string of the molecule is CC(=O)CC(C)=NNC(=S)Nc1ccccc1. The van der Waals surface area contributed by atoms with Crippen LogP contribution in [-0.2, 0) is 4.79 Å². The van der Waals surface area contributed by atoms with Crippen molar-refractivity contribution in [3.8, 4) is 0 Å². The molecule has 0 saturated heterocycles. The zero-order chi connectivity index (χ0) is 12.7. The first-order chi connectivity index (χ1) is 8.08. The van der Waals surface area contributed by atoms with Gasteiger partial charge < -0.3 is 5.32 Å². The van der Waals surface area contributed by atoms with Crippen LogP contribution in [0.25, 0.3) is 0 Å². The lowest BCUT2D eigenvalue weighted by molar-refractivity contribution is -0.115. The Morgan fingerprint density at radius 3 is 2.53 bits per heavy atom. The number of hydrazone groups is 1. The lowest BCUT2D eigenvalue weighted by Crippen LogP contribution is -2.25. The van der Waals surface area contributed by atoms with Crippen molar-refractivity contribution >= 4 is 34.5 Å². The topological polar surface area (TPSA) is 53.5 Å². The number of hydrogen-bond donors (Lipinski definition) is 2. The van der Waals surface area contributed by atoms with Crippen LogP contribution >= 0.6 is 12.2 Å². The Morgan fingerprint density at radius 2 is 1.94 bits per heavy atom. The van der Waals surface area contributed by atoms with E-state index in [2.05, 4.69) is 15.8 Å². The van der Waals surface area contributed by atoms with Crippen molar-refractivity contribution in [3.05, 3.63) is 30.3 Å². The van der Waals surface area contributed by atoms with Gasteiger partial charge in [0, 0.05) is 17.8 Å². The number of thiocarbonyl (C=S) groups is 1. The molecular weight excluding hydrogens is 234 g/mol. The summed E-state index contributed by atoms with van der Waals surface area (Å²) in [6.45, 7) is 3.30. The minimum absolute atomic E-state index is 0.0787. The minimum Gasteiger partial charge on any atom is -0.331 e. The number of nitrogens with one attached hydrogen (secondary N) is 2. The smallest absolute Gasteiger partial charge is 0.191 e. The highest BCUT2D eigenvalue weighted by molar-refractivity contribution is 7.80. The van der Waals surface area contributed by atoms with E-state index in [9.17, 15) is 4.79 Å². The lowest BCUT2D eigenvalue weighted by atomic mass is 10.2. The van der Waals surface area contributed by atoms with Gasteiger partial charge in [0.15, 0.2) is 5.11 Å². The summed E-state index contributed by atoms with van der Waals surface area (Å²) in [5, 5.41) is 7.38. The molecule has 0 aliphatic rings. The summed E-state index contributed by atoms with van der Waals surface area (Å²) < 4.78 is 0. The number of ketones is 1. The van der Waals surface area contributed by atoms with Gasteiger partial charge in [-0.25, -0.2) is 0 Å². The maximum Gasteiger partial charge on any atom is 0.191 e. The second-order valence-corrected chi connectivity index (χ2v) is 4.07. The number of nitrogens with zero attached hydrogens (tertiary/aromatic N) is 1. The molecule has 0 aromatic heterocycles. The quantitative estimate of drug-likeness (QED) is 0.488. The zero-order valence-corrected chi connectivity index (χ0v) is 10.7. The van der Waals surface area contributed by atoms with Gasteiger partial charge in [-0.3, -0.25) is 10.2 Å². The van der Waals surface area contributed by atoms with Crippen molar-refractivity contribution in [3.63, 3.8) is 0 Å². The van der Waals surface area contributed by atoms with Crippen LogP contribution in [0.3, 0.4) is 0 Å². The van der Waals surface area contributed by atoms with Gasteiger partial charge in [-0.15, -0.1) is 0 Å². The van der Waals surface area contributed by atoms with Crippen LogP contribution in [0.1, 0.15) is 20.3 Å². The maximum absolute atomic E-state index is 10.8. The second kappa shape index (κ2) is 6.75. The monoisotopic (exact) mass is 249 g/mol. The first-order valence-electron chi connectivity index (χ1n) is 5.22. The van der Waals surface area contributed by atoms with Crippen LogP contribution < -0.4 is 10.7 Å². The number of carbonyl (C=O) groups excluding carboxylic acids is 1. The van der Waals surface area contributed by atoms with Gasteiger partial charge in [0.05, 0.1) is 0 Å². The second-order valence-electron chi connectivity index (χ2n) is 3.66. The Hall–Kier alpha value is -1.75. The number of anilines is 1. The van der Waals surface area contributed by atoms with Crippen molar-refractivity contribution in [1.29, 1.82) is 0 Å². The van der Waals surface area contributed by atoms with Gasteiger partial charge in [-0.05, 0) is 38.2 Å². The fourth-order valence-electron chi connectivity index (χ4n) is 1.23. The van der Waals surface area contributed by atoms with E-state index in [1.807, 2.05) is 30.3 Å². The summed E-state index contributed by atoms with van der Waals surface area (Å²) in [6, 6.07) is 9.56. The number of benzene rings is 1. The Bertz CT molecular complexity index is 429. The molecule has 5 heteroatoms. The average Bonchev–Trinajstić information content (AvgIpc) is 2.27. The molecule has 1 rings (SSSR count). The van der Waals surface area contributed by atoms with Crippen molar-refractivity contribution in [2.45, 2.75) is 20.3 Å². The van der Waals surface area contributed by atoms with E-state index in [-0.39, 0.29) is 5.78 Å². The maximum atomic E-state index is 10.8. The zero-order valence-electron chi connectivity index (χ0n) is 9.86. The van der Waals surface area contributed by atoms with Gasteiger partial charge in [0.2, 0.25) is 0 Å².